The van der Waals surface area contributed by atoms with E-state index in [9.17, 15) is 4.39 Å². The van der Waals surface area contributed by atoms with E-state index in [1.54, 1.807) is 12.1 Å². The van der Waals surface area contributed by atoms with Crippen molar-refractivity contribution in [3.63, 3.8) is 0 Å². The summed E-state index contributed by atoms with van der Waals surface area (Å²) in [7, 11) is 1.42. The minimum absolute atomic E-state index is 0.210. The number of nitrogens with two attached hydrogens (primary N) is 1. The standard InChI is InChI=1S/C11H12FNO/c1-3-4-10(13)8-5-6-11(14-2)9(12)7-8/h1,5-7,10H,4,13H2,2H3. The van der Waals surface area contributed by atoms with E-state index in [4.69, 9.17) is 16.9 Å². The van der Waals surface area contributed by atoms with Crippen LogP contribution in [0.5, 0.6) is 5.75 Å². The maximum absolute atomic E-state index is 13.2. The SMILES string of the molecule is C#CCC(N)c1ccc(OC)c(F)c1. The molecule has 14 heavy (non-hydrogen) atoms. The molecule has 1 unspecified atom stereocenters. The van der Waals surface area contributed by atoms with Crippen molar-refractivity contribution in [2.75, 3.05) is 7.11 Å². The highest BCUT2D eigenvalue weighted by molar-refractivity contribution is 5.31. The number of rotatable bonds is 3. The molecule has 0 saturated heterocycles. The maximum Gasteiger partial charge on any atom is 0.165 e. The molecule has 0 aromatic heterocycles. The first kappa shape index (κ1) is 10.6. The fourth-order valence-electron chi connectivity index (χ4n) is 1.16. The molecule has 1 aromatic carbocycles. The van der Waals surface area contributed by atoms with Gasteiger partial charge in [-0.1, -0.05) is 6.07 Å². The van der Waals surface area contributed by atoms with Gasteiger partial charge in [-0.3, -0.25) is 0 Å². The Hall–Kier alpha value is -1.53. The Morgan fingerprint density at radius 3 is 2.86 bits per heavy atom. The quantitative estimate of drug-likeness (QED) is 0.743. The van der Waals surface area contributed by atoms with Crippen molar-refractivity contribution in [2.24, 2.45) is 5.73 Å². The van der Waals surface area contributed by atoms with Crippen LogP contribution in [0.3, 0.4) is 0 Å². The van der Waals surface area contributed by atoms with Crippen LogP contribution in [0.15, 0.2) is 18.2 Å². The van der Waals surface area contributed by atoms with Crippen LogP contribution in [0.25, 0.3) is 0 Å². The zero-order chi connectivity index (χ0) is 10.6. The van der Waals surface area contributed by atoms with Gasteiger partial charge in [-0.15, -0.1) is 12.3 Å². The molecule has 0 bridgehead atoms. The molecule has 0 heterocycles. The van der Waals surface area contributed by atoms with Crippen LogP contribution in [0.2, 0.25) is 0 Å². The lowest BCUT2D eigenvalue weighted by Crippen LogP contribution is -2.09. The van der Waals surface area contributed by atoms with Crippen LogP contribution < -0.4 is 10.5 Å². The first-order valence-electron chi connectivity index (χ1n) is 4.21. The molecule has 1 atom stereocenters. The van der Waals surface area contributed by atoms with Gasteiger partial charge in [0.2, 0.25) is 0 Å². The van der Waals surface area contributed by atoms with Gasteiger partial charge >= 0.3 is 0 Å². The van der Waals surface area contributed by atoms with Gasteiger partial charge in [-0.05, 0) is 17.7 Å². The Balaban J connectivity index is 2.92. The number of hydrogen-bond donors (Lipinski definition) is 1. The molecule has 74 valence electrons. The van der Waals surface area contributed by atoms with Crippen LogP contribution in [0.4, 0.5) is 4.39 Å². The third kappa shape index (κ3) is 2.24. The number of benzene rings is 1. The second-order valence-electron chi connectivity index (χ2n) is 2.91. The Kier molecular flexibility index (Phi) is 3.49. The molecule has 1 aromatic rings. The highest BCUT2D eigenvalue weighted by atomic mass is 19.1. The van der Waals surface area contributed by atoms with E-state index in [0.717, 1.165) is 0 Å². The van der Waals surface area contributed by atoms with E-state index in [1.807, 2.05) is 0 Å². The van der Waals surface area contributed by atoms with Crippen LogP contribution in [-0.4, -0.2) is 7.11 Å². The molecule has 3 heteroatoms. The monoisotopic (exact) mass is 193 g/mol. The summed E-state index contributed by atoms with van der Waals surface area (Å²) in [4.78, 5) is 0. The molecule has 2 nitrogen and oxygen atoms in total. The number of ether oxygens (including phenoxy) is 1. The van der Waals surface area contributed by atoms with Crippen LogP contribution in [0.1, 0.15) is 18.0 Å². The second-order valence-corrected chi connectivity index (χ2v) is 2.91. The lowest BCUT2D eigenvalue weighted by Gasteiger charge is -2.09. The molecule has 0 saturated carbocycles. The van der Waals surface area contributed by atoms with Gasteiger partial charge in [-0.25, -0.2) is 4.39 Å². The minimum Gasteiger partial charge on any atom is -0.494 e. The lowest BCUT2D eigenvalue weighted by atomic mass is 10.0. The number of halogens is 1. The molecule has 0 aliphatic rings. The molecule has 0 amide bonds. The van der Waals surface area contributed by atoms with Gasteiger partial charge in [0.05, 0.1) is 7.11 Å². The van der Waals surface area contributed by atoms with Crippen molar-refractivity contribution in [2.45, 2.75) is 12.5 Å². The summed E-state index contributed by atoms with van der Waals surface area (Å²) in [5.41, 5.74) is 6.40. The summed E-state index contributed by atoms with van der Waals surface area (Å²) in [6, 6.07) is 4.28. The molecule has 0 spiro atoms. The summed E-state index contributed by atoms with van der Waals surface area (Å²) in [6.45, 7) is 0. The summed E-state index contributed by atoms with van der Waals surface area (Å²) >= 11 is 0. The minimum atomic E-state index is -0.419. The Bertz CT molecular complexity index is 357. The molecular formula is C11H12FNO. The predicted octanol–water partition coefficient (Wildman–Crippen LogP) is 1.86. The molecule has 0 aliphatic carbocycles. The average molecular weight is 193 g/mol. The van der Waals surface area contributed by atoms with Gasteiger partial charge in [0.25, 0.3) is 0 Å². The fourth-order valence-corrected chi connectivity index (χ4v) is 1.16. The van der Waals surface area contributed by atoms with Gasteiger partial charge < -0.3 is 10.5 Å². The summed E-state index contributed by atoms with van der Waals surface area (Å²) in [5, 5.41) is 0. The van der Waals surface area contributed by atoms with Crippen molar-refractivity contribution >= 4 is 0 Å². The first-order chi connectivity index (χ1) is 6.69. The average Bonchev–Trinajstić information content (AvgIpc) is 2.18. The third-order valence-corrected chi connectivity index (χ3v) is 1.94. The van der Waals surface area contributed by atoms with Crippen molar-refractivity contribution < 1.29 is 9.13 Å². The van der Waals surface area contributed by atoms with E-state index in [-0.39, 0.29) is 11.8 Å². The summed E-state index contributed by atoms with van der Waals surface area (Å²) in [6.07, 6.45) is 5.51. The second kappa shape index (κ2) is 4.64. The Morgan fingerprint density at radius 1 is 1.64 bits per heavy atom. The zero-order valence-corrected chi connectivity index (χ0v) is 7.96. The van der Waals surface area contributed by atoms with Crippen molar-refractivity contribution in [1.29, 1.82) is 0 Å². The summed E-state index contributed by atoms with van der Waals surface area (Å²) in [5.74, 6) is 2.23. The topological polar surface area (TPSA) is 35.2 Å². The Labute approximate surface area is 82.9 Å². The highest BCUT2D eigenvalue weighted by Crippen LogP contribution is 2.21. The molecular weight excluding hydrogens is 181 g/mol. The van der Waals surface area contributed by atoms with Crippen LogP contribution in [-0.2, 0) is 0 Å². The molecule has 1 rings (SSSR count). The lowest BCUT2D eigenvalue weighted by molar-refractivity contribution is 0.386. The molecule has 0 radical (unpaired) electrons. The van der Waals surface area contributed by atoms with Gasteiger partial charge in [0.15, 0.2) is 11.6 Å². The summed E-state index contributed by atoms with van der Waals surface area (Å²) < 4.78 is 18.0. The molecule has 0 aliphatic heterocycles. The van der Waals surface area contributed by atoms with Crippen molar-refractivity contribution in [3.05, 3.63) is 29.6 Å². The van der Waals surface area contributed by atoms with E-state index in [0.29, 0.717) is 12.0 Å². The largest absolute Gasteiger partial charge is 0.494 e. The smallest absolute Gasteiger partial charge is 0.165 e. The highest BCUT2D eigenvalue weighted by Gasteiger charge is 2.08. The van der Waals surface area contributed by atoms with E-state index < -0.39 is 5.82 Å². The van der Waals surface area contributed by atoms with Crippen LogP contribution in [0, 0.1) is 18.2 Å². The predicted molar refractivity (Wildman–Crippen MR) is 53.3 cm³/mol. The maximum atomic E-state index is 13.2. The van der Waals surface area contributed by atoms with E-state index >= 15 is 0 Å². The molecule has 2 N–H and O–H groups in total. The first-order valence-corrected chi connectivity index (χ1v) is 4.21. The number of methoxy groups -OCH3 is 1. The Morgan fingerprint density at radius 2 is 2.36 bits per heavy atom. The van der Waals surface area contributed by atoms with E-state index in [1.165, 1.54) is 13.2 Å². The van der Waals surface area contributed by atoms with Crippen LogP contribution >= 0.6 is 0 Å². The van der Waals surface area contributed by atoms with Crippen molar-refractivity contribution in [3.8, 4) is 18.1 Å². The zero-order valence-electron chi connectivity index (χ0n) is 7.96. The van der Waals surface area contributed by atoms with E-state index in [2.05, 4.69) is 5.92 Å². The van der Waals surface area contributed by atoms with Crippen molar-refractivity contribution in [1.82, 2.24) is 0 Å². The normalized spacial score (nSPS) is 11.9. The number of hydrogen-bond acceptors (Lipinski definition) is 2. The van der Waals surface area contributed by atoms with Gasteiger partial charge in [0, 0.05) is 12.5 Å². The van der Waals surface area contributed by atoms with Gasteiger partial charge in [-0.2, -0.15) is 0 Å². The molecule has 0 fully saturated rings. The fraction of sp³-hybridized carbons (Fsp3) is 0.273. The number of terminal acetylenes is 1. The third-order valence-electron chi connectivity index (χ3n) is 1.94. The van der Waals surface area contributed by atoms with Gasteiger partial charge in [0.1, 0.15) is 0 Å².